The molecule has 0 aliphatic rings. The molecule has 1 amide bonds. The minimum Gasteiger partial charge on any atom is -0.325 e. The van der Waals surface area contributed by atoms with Crippen LogP contribution in [0.25, 0.3) is 0 Å². The second-order valence-electron chi connectivity index (χ2n) is 5.89. The molecule has 0 bridgehead atoms. The number of sulfone groups is 1. The fraction of sp³-hybridized carbons (Fsp3) is 0.278. The number of anilines is 1. The fourth-order valence-electron chi connectivity index (χ4n) is 2.42. The highest BCUT2D eigenvalue weighted by atomic mass is 35.5. The summed E-state index contributed by atoms with van der Waals surface area (Å²) in [7, 11) is -3.35. The van der Waals surface area contributed by atoms with Crippen LogP contribution in [0.2, 0.25) is 5.02 Å². The molecule has 0 aliphatic carbocycles. The molecule has 0 aromatic heterocycles. The number of amides is 1. The van der Waals surface area contributed by atoms with Crippen molar-refractivity contribution in [2.24, 2.45) is 0 Å². The van der Waals surface area contributed by atoms with Crippen molar-refractivity contribution in [3.63, 3.8) is 0 Å². The van der Waals surface area contributed by atoms with Gasteiger partial charge in [-0.15, -0.1) is 0 Å². The third-order valence-electron chi connectivity index (χ3n) is 3.76. The lowest BCUT2D eigenvalue weighted by Crippen LogP contribution is -2.13. The van der Waals surface area contributed by atoms with Crippen LogP contribution in [0.5, 0.6) is 0 Å². The molecule has 4 nitrogen and oxygen atoms in total. The van der Waals surface area contributed by atoms with Crippen molar-refractivity contribution in [1.29, 1.82) is 0 Å². The third-order valence-corrected chi connectivity index (χ3v) is 5.20. The Bertz CT molecular complexity index is 876. The number of benzene rings is 2. The largest absolute Gasteiger partial charge is 0.325 e. The Morgan fingerprint density at radius 3 is 2.46 bits per heavy atom. The van der Waals surface area contributed by atoms with Gasteiger partial charge in [0.1, 0.15) is 0 Å². The molecular weight excluding hydrogens is 346 g/mol. The highest BCUT2D eigenvalue weighted by Gasteiger charge is 2.12. The predicted molar refractivity (Wildman–Crippen MR) is 97.4 cm³/mol. The molecule has 0 radical (unpaired) electrons. The fourth-order valence-corrected chi connectivity index (χ4v) is 3.23. The zero-order valence-corrected chi connectivity index (χ0v) is 15.5. The van der Waals surface area contributed by atoms with E-state index in [4.69, 9.17) is 11.6 Å². The van der Waals surface area contributed by atoms with Gasteiger partial charge in [0, 0.05) is 12.7 Å². The van der Waals surface area contributed by atoms with E-state index in [1.54, 1.807) is 0 Å². The van der Waals surface area contributed by atoms with E-state index >= 15 is 0 Å². The maximum absolute atomic E-state index is 12.2. The highest BCUT2D eigenvalue weighted by molar-refractivity contribution is 7.90. The van der Waals surface area contributed by atoms with Crippen molar-refractivity contribution in [3.05, 3.63) is 58.1 Å². The van der Waals surface area contributed by atoms with E-state index < -0.39 is 9.84 Å². The quantitative estimate of drug-likeness (QED) is 0.873. The molecule has 0 heterocycles. The van der Waals surface area contributed by atoms with Crippen LogP contribution in [0.4, 0.5) is 5.69 Å². The molecular formula is C18H20ClNO3S. The summed E-state index contributed by atoms with van der Waals surface area (Å²) in [5.41, 5.74) is 3.77. The molecule has 2 rings (SSSR count). The number of aryl methyl sites for hydroxylation is 3. The van der Waals surface area contributed by atoms with E-state index in [0.29, 0.717) is 23.6 Å². The standard InChI is InChI=1S/C18H20ClNO3S/c1-12-4-5-14(13(2)10-12)6-9-18(21)20-17-11-15(24(3,22)23)7-8-16(17)19/h4-5,7-8,10-11H,6,9H2,1-3H3,(H,20,21). The summed E-state index contributed by atoms with van der Waals surface area (Å²) in [6, 6.07) is 10.4. The molecule has 0 saturated carbocycles. The van der Waals surface area contributed by atoms with Crippen LogP contribution in [0.1, 0.15) is 23.1 Å². The summed E-state index contributed by atoms with van der Waals surface area (Å²) in [4.78, 5) is 12.3. The Labute approximate surface area is 147 Å². The first kappa shape index (κ1) is 18.5. The number of carbonyl (C=O) groups excluding carboxylic acids is 1. The summed E-state index contributed by atoms with van der Waals surface area (Å²) >= 11 is 6.04. The van der Waals surface area contributed by atoms with E-state index in [0.717, 1.165) is 17.4 Å². The first-order chi connectivity index (χ1) is 11.2. The van der Waals surface area contributed by atoms with Crippen LogP contribution in [0, 0.1) is 13.8 Å². The molecule has 1 N–H and O–H groups in total. The van der Waals surface area contributed by atoms with Gasteiger partial charge in [-0.3, -0.25) is 4.79 Å². The molecule has 2 aromatic carbocycles. The van der Waals surface area contributed by atoms with Gasteiger partial charge >= 0.3 is 0 Å². The second kappa shape index (κ2) is 7.36. The van der Waals surface area contributed by atoms with Crippen LogP contribution in [-0.4, -0.2) is 20.6 Å². The average Bonchev–Trinajstić information content (AvgIpc) is 2.47. The molecule has 128 valence electrons. The molecule has 2 aromatic rings. The Hall–Kier alpha value is -1.85. The number of hydrogen-bond acceptors (Lipinski definition) is 3. The van der Waals surface area contributed by atoms with E-state index in [9.17, 15) is 13.2 Å². The molecule has 24 heavy (non-hydrogen) atoms. The van der Waals surface area contributed by atoms with Gasteiger partial charge in [-0.05, 0) is 49.6 Å². The lowest BCUT2D eigenvalue weighted by atomic mass is 10.0. The molecule has 0 spiro atoms. The number of hydrogen-bond donors (Lipinski definition) is 1. The lowest BCUT2D eigenvalue weighted by Gasteiger charge is -2.10. The van der Waals surface area contributed by atoms with Gasteiger partial charge in [0.2, 0.25) is 5.91 Å². The Morgan fingerprint density at radius 1 is 1.12 bits per heavy atom. The molecule has 6 heteroatoms. The number of rotatable bonds is 5. The summed E-state index contributed by atoms with van der Waals surface area (Å²) in [6.07, 6.45) is 2.02. The number of halogens is 1. The van der Waals surface area contributed by atoms with E-state index in [-0.39, 0.29) is 10.8 Å². The van der Waals surface area contributed by atoms with Crippen LogP contribution in [0.15, 0.2) is 41.3 Å². The highest BCUT2D eigenvalue weighted by Crippen LogP contribution is 2.25. The first-order valence-electron chi connectivity index (χ1n) is 7.52. The Balaban J connectivity index is 2.07. The van der Waals surface area contributed by atoms with Gasteiger partial charge in [0.05, 0.1) is 15.6 Å². The number of nitrogens with one attached hydrogen (secondary N) is 1. The molecule has 0 saturated heterocycles. The smallest absolute Gasteiger partial charge is 0.224 e. The maximum atomic E-state index is 12.2. The molecule has 0 fully saturated rings. The van der Waals surface area contributed by atoms with Crippen molar-refractivity contribution in [2.45, 2.75) is 31.6 Å². The lowest BCUT2D eigenvalue weighted by molar-refractivity contribution is -0.116. The average molecular weight is 366 g/mol. The minimum absolute atomic E-state index is 0.122. The van der Waals surface area contributed by atoms with Gasteiger partial charge in [0.25, 0.3) is 0 Å². The van der Waals surface area contributed by atoms with Gasteiger partial charge in [-0.25, -0.2) is 8.42 Å². The van der Waals surface area contributed by atoms with Gasteiger partial charge < -0.3 is 5.32 Å². The SMILES string of the molecule is Cc1ccc(CCC(=O)Nc2cc(S(C)(=O)=O)ccc2Cl)c(C)c1. The summed E-state index contributed by atoms with van der Waals surface area (Å²) in [5, 5.41) is 3.00. The van der Waals surface area contributed by atoms with Gasteiger partial charge in [0.15, 0.2) is 9.84 Å². The van der Waals surface area contributed by atoms with Crippen LogP contribution in [-0.2, 0) is 21.1 Å². The van der Waals surface area contributed by atoms with Crippen LogP contribution < -0.4 is 5.32 Å². The van der Waals surface area contributed by atoms with Crippen molar-refractivity contribution in [1.82, 2.24) is 0 Å². The van der Waals surface area contributed by atoms with Gasteiger partial charge in [-0.2, -0.15) is 0 Å². The normalized spacial score (nSPS) is 11.3. The predicted octanol–water partition coefficient (Wildman–Crippen LogP) is 3.93. The van der Waals surface area contributed by atoms with E-state index in [1.807, 2.05) is 26.0 Å². The summed E-state index contributed by atoms with van der Waals surface area (Å²) in [6.45, 7) is 4.05. The topological polar surface area (TPSA) is 63.2 Å². The zero-order valence-electron chi connectivity index (χ0n) is 13.9. The van der Waals surface area contributed by atoms with Crippen molar-refractivity contribution in [2.75, 3.05) is 11.6 Å². The Kier molecular flexibility index (Phi) is 5.67. The third kappa shape index (κ3) is 4.82. The van der Waals surface area contributed by atoms with E-state index in [2.05, 4.69) is 11.4 Å². The second-order valence-corrected chi connectivity index (χ2v) is 8.31. The molecule has 0 aliphatic heterocycles. The van der Waals surface area contributed by atoms with E-state index in [1.165, 1.54) is 23.8 Å². The molecule has 0 unspecified atom stereocenters. The number of carbonyl (C=O) groups is 1. The summed E-state index contributed by atoms with van der Waals surface area (Å²) < 4.78 is 23.2. The van der Waals surface area contributed by atoms with Crippen molar-refractivity contribution in [3.8, 4) is 0 Å². The molecule has 0 atom stereocenters. The zero-order chi connectivity index (χ0) is 17.9. The van der Waals surface area contributed by atoms with Crippen LogP contribution >= 0.6 is 11.6 Å². The van der Waals surface area contributed by atoms with Crippen molar-refractivity contribution < 1.29 is 13.2 Å². The van der Waals surface area contributed by atoms with Crippen LogP contribution in [0.3, 0.4) is 0 Å². The van der Waals surface area contributed by atoms with Crippen molar-refractivity contribution >= 4 is 33.0 Å². The minimum atomic E-state index is -3.35. The first-order valence-corrected chi connectivity index (χ1v) is 9.79. The monoisotopic (exact) mass is 365 g/mol. The maximum Gasteiger partial charge on any atom is 0.224 e. The Morgan fingerprint density at radius 2 is 1.83 bits per heavy atom. The van der Waals surface area contributed by atoms with Gasteiger partial charge in [-0.1, -0.05) is 35.4 Å². The summed E-state index contributed by atoms with van der Waals surface area (Å²) in [5.74, 6) is -0.206.